The summed E-state index contributed by atoms with van der Waals surface area (Å²) in [7, 11) is 0. The monoisotopic (exact) mass is 135 g/mol. The number of hydrogen-bond acceptors (Lipinski definition) is 1. The molecule has 1 aromatic heterocycles. The number of halogens is 1. The minimum atomic E-state index is 0.662. The standard InChI is InChI=1S/C8H6FN/c1-7-6-8(2-4-9)3-5-10-7/h3,5-6H,1H3. The maximum atomic E-state index is 11.4. The summed E-state index contributed by atoms with van der Waals surface area (Å²) in [6.45, 7) is 1.84. The van der Waals surface area contributed by atoms with Crippen molar-refractivity contribution in [2.75, 3.05) is 0 Å². The van der Waals surface area contributed by atoms with Gasteiger partial charge >= 0.3 is 0 Å². The van der Waals surface area contributed by atoms with Crippen LogP contribution >= 0.6 is 0 Å². The second-order valence-electron chi connectivity index (χ2n) is 1.91. The van der Waals surface area contributed by atoms with Crippen LogP contribution in [0.3, 0.4) is 0 Å². The van der Waals surface area contributed by atoms with E-state index in [4.69, 9.17) is 0 Å². The molecule has 0 aliphatic heterocycles. The fourth-order valence-electron chi connectivity index (χ4n) is 0.678. The predicted molar refractivity (Wildman–Crippen MR) is 37.0 cm³/mol. The molecule has 0 aromatic carbocycles. The first-order valence-electron chi connectivity index (χ1n) is 2.87. The smallest absolute Gasteiger partial charge is 0.111 e. The summed E-state index contributed by atoms with van der Waals surface area (Å²) in [5.41, 5.74) is 1.51. The van der Waals surface area contributed by atoms with Crippen LogP contribution in [-0.4, -0.2) is 4.98 Å². The molecule has 10 heavy (non-hydrogen) atoms. The molecule has 1 rings (SSSR count). The van der Waals surface area contributed by atoms with Crippen molar-refractivity contribution in [3.05, 3.63) is 29.6 Å². The molecule has 0 bridgehead atoms. The Bertz CT molecular complexity index is 283. The van der Waals surface area contributed by atoms with Gasteiger partial charge in [0.25, 0.3) is 0 Å². The molecule has 1 nitrogen and oxygen atoms in total. The molecule has 0 atom stereocenters. The average Bonchev–Trinajstić information content (AvgIpc) is 1.88. The molecule has 0 spiro atoms. The van der Waals surface area contributed by atoms with E-state index in [-0.39, 0.29) is 0 Å². The van der Waals surface area contributed by atoms with E-state index in [1.165, 1.54) is 6.17 Å². The van der Waals surface area contributed by atoms with Crippen molar-refractivity contribution in [3.63, 3.8) is 0 Å². The van der Waals surface area contributed by atoms with Crippen molar-refractivity contribution in [3.8, 4) is 12.1 Å². The van der Waals surface area contributed by atoms with Crippen LogP contribution in [0.1, 0.15) is 11.3 Å². The number of aromatic nitrogens is 1. The van der Waals surface area contributed by atoms with Gasteiger partial charge in [0.05, 0.1) is 0 Å². The van der Waals surface area contributed by atoms with E-state index in [2.05, 4.69) is 10.9 Å². The van der Waals surface area contributed by atoms with Crippen molar-refractivity contribution in [1.29, 1.82) is 0 Å². The van der Waals surface area contributed by atoms with Crippen LogP contribution in [0.5, 0.6) is 0 Å². The number of pyridine rings is 1. The lowest BCUT2D eigenvalue weighted by atomic mass is 10.2. The van der Waals surface area contributed by atoms with Crippen molar-refractivity contribution in [2.45, 2.75) is 6.92 Å². The molecule has 0 unspecified atom stereocenters. The van der Waals surface area contributed by atoms with Crippen LogP contribution in [0, 0.1) is 19.0 Å². The summed E-state index contributed by atoms with van der Waals surface area (Å²) in [4.78, 5) is 3.93. The van der Waals surface area contributed by atoms with Gasteiger partial charge in [-0.25, -0.2) is 0 Å². The zero-order chi connectivity index (χ0) is 7.40. The third kappa shape index (κ3) is 1.56. The Kier molecular flexibility index (Phi) is 2.01. The van der Waals surface area contributed by atoms with E-state index < -0.39 is 0 Å². The van der Waals surface area contributed by atoms with Crippen LogP contribution in [0.4, 0.5) is 4.39 Å². The van der Waals surface area contributed by atoms with Gasteiger partial charge in [-0.05, 0) is 25.0 Å². The molecule has 2 heteroatoms. The van der Waals surface area contributed by atoms with E-state index in [1.807, 2.05) is 6.92 Å². The summed E-state index contributed by atoms with van der Waals surface area (Å²) >= 11 is 0. The van der Waals surface area contributed by atoms with E-state index in [0.717, 1.165) is 5.69 Å². The Morgan fingerprint density at radius 3 is 3.00 bits per heavy atom. The Balaban J connectivity index is 3.03. The minimum Gasteiger partial charge on any atom is -0.262 e. The lowest BCUT2D eigenvalue weighted by molar-refractivity contribution is 0.773. The lowest BCUT2D eigenvalue weighted by Crippen LogP contribution is -1.80. The maximum Gasteiger partial charge on any atom is 0.111 e. The van der Waals surface area contributed by atoms with Crippen molar-refractivity contribution < 1.29 is 4.39 Å². The quantitative estimate of drug-likeness (QED) is 0.493. The van der Waals surface area contributed by atoms with Crippen molar-refractivity contribution in [2.24, 2.45) is 0 Å². The minimum absolute atomic E-state index is 0.662. The van der Waals surface area contributed by atoms with E-state index in [1.54, 1.807) is 18.3 Å². The largest absolute Gasteiger partial charge is 0.262 e. The summed E-state index contributed by atoms with van der Waals surface area (Å²) in [6.07, 6.45) is 2.94. The van der Waals surface area contributed by atoms with Gasteiger partial charge in [-0.2, -0.15) is 0 Å². The summed E-state index contributed by atoms with van der Waals surface area (Å²) in [5.74, 6) is 2.29. The van der Waals surface area contributed by atoms with Gasteiger partial charge in [0.1, 0.15) is 6.17 Å². The van der Waals surface area contributed by atoms with Crippen LogP contribution in [0.2, 0.25) is 0 Å². The number of nitrogens with zero attached hydrogens (tertiary/aromatic N) is 1. The number of rotatable bonds is 0. The van der Waals surface area contributed by atoms with Gasteiger partial charge in [-0.3, -0.25) is 4.98 Å². The molecule has 0 aliphatic carbocycles. The first-order valence-corrected chi connectivity index (χ1v) is 2.87. The molecule has 0 N–H and O–H groups in total. The highest BCUT2D eigenvalue weighted by atomic mass is 19.1. The molecule has 1 aromatic rings. The summed E-state index contributed by atoms with van der Waals surface area (Å²) in [6, 6.07) is 3.40. The van der Waals surface area contributed by atoms with Crippen LogP contribution < -0.4 is 0 Å². The van der Waals surface area contributed by atoms with Crippen LogP contribution in [-0.2, 0) is 0 Å². The van der Waals surface area contributed by atoms with Gasteiger partial charge in [-0.15, -0.1) is 4.39 Å². The number of aryl methyl sites for hydroxylation is 1. The van der Waals surface area contributed by atoms with Crippen molar-refractivity contribution >= 4 is 0 Å². The average molecular weight is 135 g/mol. The third-order valence-electron chi connectivity index (χ3n) is 1.09. The van der Waals surface area contributed by atoms with E-state index in [0.29, 0.717) is 5.56 Å². The summed E-state index contributed by atoms with van der Waals surface area (Å²) in [5, 5.41) is 0. The first-order chi connectivity index (χ1) is 4.83. The summed E-state index contributed by atoms with van der Waals surface area (Å²) < 4.78 is 11.4. The Labute approximate surface area is 58.9 Å². The van der Waals surface area contributed by atoms with Gasteiger partial charge in [-0.1, -0.05) is 0 Å². The highest BCUT2D eigenvalue weighted by Crippen LogP contribution is 1.97. The predicted octanol–water partition coefficient (Wildman–Crippen LogP) is 1.67. The third-order valence-corrected chi connectivity index (χ3v) is 1.09. The Hall–Kier alpha value is -1.36. The van der Waals surface area contributed by atoms with Crippen LogP contribution in [0.25, 0.3) is 0 Å². The normalized spacial score (nSPS) is 8.20. The molecule has 0 amide bonds. The number of hydrogen-bond donors (Lipinski definition) is 0. The molecule has 0 aliphatic rings. The highest BCUT2D eigenvalue weighted by Gasteiger charge is 1.86. The Morgan fingerprint density at radius 1 is 1.60 bits per heavy atom. The highest BCUT2D eigenvalue weighted by molar-refractivity contribution is 5.32. The molecule has 0 radical (unpaired) electrons. The van der Waals surface area contributed by atoms with Gasteiger partial charge in [0.2, 0.25) is 0 Å². The zero-order valence-electron chi connectivity index (χ0n) is 5.56. The van der Waals surface area contributed by atoms with Gasteiger partial charge in [0.15, 0.2) is 0 Å². The molecule has 0 fully saturated rings. The lowest BCUT2D eigenvalue weighted by Gasteiger charge is -1.89. The second kappa shape index (κ2) is 2.98. The fraction of sp³-hybridized carbons (Fsp3) is 0.125. The zero-order valence-corrected chi connectivity index (χ0v) is 5.56. The van der Waals surface area contributed by atoms with Crippen LogP contribution in [0.15, 0.2) is 18.3 Å². The van der Waals surface area contributed by atoms with Crippen molar-refractivity contribution in [1.82, 2.24) is 4.98 Å². The fourth-order valence-corrected chi connectivity index (χ4v) is 0.678. The molecule has 50 valence electrons. The molecule has 0 saturated heterocycles. The SMILES string of the molecule is Cc1cc(C#CF)ccn1. The molecular formula is C8H6FN. The van der Waals surface area contributed by atoms with E-state index in [9.17, 15) is 4.39 Å². The molecule has 0 saturated carbocycles. The molecular weight excluding hydrogens is 129 g/mol. The maximum absolute atomic E-state index is 11.4. The Morgan fingerprint density at radius 2 is 2.40 bits per heavy atom. The first kappa shape index (κ1) is 6.76. The second-order valence-corrected chi connectivity index (χ2v) is 1.91. The molecule has 1 heterocycles. The van der Waals surface area contributed by atoms with Gasteiger partial charge < -0.3 is 0 Å². The van der Waals surface area contributed by atoms with E-state index >= 15 is 0 Å². The van der Waals surface area contributed by atoms with Gasteiger partial charge in [0, 0.05) is 17.5 Å². The topological polar surface area (TPSA) is 12.9 Å².